The van der Waals surface area contributed by atoms with Crippen LogP contribution in [-0.2, 0) is 6.54 Å². The summed E-state index contributed by atoms with van der Waals surface area (Å²) < 4.78 is 1.08. The van der Waals surface area contributed by atoms with Gasteiger partial charge in [-0.2, -0.15) is 0 Å². The van der Waals surface area contributed by atoms with Crippen LogP contribution in [0.15, 0.2) is 64.1 Å². The number of rotatable bonds is 4. The lowest BCUT2D eigenvalue weighted by Gasteiger charge is -2.10. The van der Waals surface area contributed by atoms with E-state index in [1.165, 1.54) is 10.5 Å². The van der Waals surface area contributed by atoms with Gasteiger partial charge in [0.2, 0.25) is 0 Å². The van der Waals surface area contributed by atoms with Crippen LogP contribution < -0.4 is 5.32 Å². The van der Waals surface area contributed by atoms with Crippen molar-refractivity contribution < 1.29 is 0 Å². The van der Waals surface area contributed by atoms with Gasteiger partial charge in [0.05, 0.1) is 5.52 Å². The van der Waals surface area contributed by atoms with Crippen LogP contribution in [0.2, 0.25) is 0 Å². The Hall–Kier alpha value is -1.52. The van der Waals surface area contributed by atoms with Gasteiger partial charge in [-0.1, -0.05) is 28.1 Å². The predicted molar refractivity (Wildman–Crippen MR) is 95.0 cm³/mol. The van der Waals surface area contributed by atoms with Gasteiger partial charge in [-0.25, -0.2) is 0 Å². The second-order valence-corrected chi connectivity index (χ2v) is 6.42. The molecule has 0 fully saturated rings. The number of thioether (sulfide) groups is 1. The van der Waals surface area contributed by atoms with Crippen LogP contribution in [0.5, 0.6) is 0 Å². The van der Waals surface area contributed by atoms with Crippen molar-refractivity contribution in [1.82, 2.24) is 4.98 Å². The summed E-state index contributed by atoms with van der Waals surface area (Å²) in [4.78, 5) is 5.78. The molecule has 21 heavy (non-hydrogen) atoms. The Labute approximate surface area is 137 Å². The number of halogens is 1. The molecule has 0 spiro atoms. The molecule has 1 N–H and O–H groups in total. The van der Waals surface area contributed by atoms with Gasteiger partial charge in [-0.15, -0.1) is 11.8 Å². The normalized spacial score (nSPS) is 10.8. The van der Waals surface area contributed by atoms with Crippen LogP contribution in [0.25, 0.3) is 10.9 Å². The fourth-order valence-corrected chi connectivity index (χ4v) is 3.11. The Morgan fingerprint density at radius 1 is 1.10 bits per heavy atom. The Morgan fingerprint density at radius 2 is 1.90 bits per heavy atom. The number of nitrogens with one attached hydrogen (secondary N) is 1. The standard InChI is InChI=1S/C17H15BrN2S/c1-21-14-7-5-13(6-8-14)20-11-12-4-9-16(18)15-3-2-10-19-17(12)15/h2-10,20H,11H2,1H3. The van der Waals surface area contributed by atoms with Crippen molar-refractivity contribution in [3.8, 4) is 0 Å². The predicted octanol–water partition coefficient (Wildman–Crippen LogP) is 5.33. The average molecular weight is 359 g/mol. The van der Waals surface area contributed by atoms with Gasteiger partial charge in [0.25, 0.3) is 0 Å². The molecule has 0 aliphatic carbocycles. The Morgan fingerprint density at radius 3 is 2.67 bits per heavy atom. The second-order valence-electron chi connectivity index (χ2n) is 4.69. The number of pyridine rings is 1. The summed E-state index contributed by atoms with van der Waals surface area (Å²) in [6.07, 6.45) is 3.92. The zero-order valence-electron chi connectivity index (χ0n) is 11.6. The molecule has 2 aromatic carbocycles. The molecule has 0 unspecified atom stereocenters. The smallest absolute Gasteiger partial charge is 0.0763 e. The van der Waals surface area contributed by atoms with Crippen molar-refractivity contribution in [3.05, 3.63) is 64.8 Å². The van der Waals surface area contributed by atoms with Gasteiger partial charge in [-0.05, 0) is 48.2 Å². The third-order valence-electron chi connectivity index (χ3n) is 3.37. The van der Waals surface area contributed by atoms with Crippen LogP contribution in [0.3, 0.4) is 0 Å². The fourth-order valence-electron chi connectivity index (χ4n) is 2.25. The van der Waals surface area contributed by atoms with E-state index in [2.05, 4.69) is 75.0 Å². The van der Waals surface area contributed by atoms with Crippen LogP contribution in [0.4, 0.5) is 5.69 Å². The molecule has 0 saturated carbocycles. The van der Waals surface area contributed by atoms with Crippen molar-refractivity contribution in [2.75, 3.05) is 11.6 Å². The van der Waals surface area contributed by atoms with Crippen LogP contribution in [-0.4, -0.2) is 11.2 Å². The summed E-state index contributed by atoms with van der Waals surface area (Å²) in [6, 6.07) is 16.7. The monoisotopic (exact) mass is 358 g/mol. The maximum absolute atomic E-state index is 4.51. The highest BCUT2D eigenvalue weighted by Crippen LogP contribution is 2.26. The van der Waals surface area contributed by atoms with E-state index in [9.17, 15) is 0 Å². The van der Waals surface area contributed by atoms with Crippen LogP contribution in [0.1, 0.15) is 5.56 Å². The first-order chi connectivity index (χ1) is 10.3. The van der Waals surface area contributed by atoms with Crippen molar-refractivity contribution in [2.24, 2.45) is 0 Å². The first kappa shape index (κ1) is 14.4. The molecule has 1 aromatic heterocycles. The molecule has 0 aliphatic heterocycles. The molecule has 4 heteroatoms. The Kier molecular flexibility index (Phi) is 4.46. The quantitative estimate of drug-likeness (QED) is 0.637. The van der Waals surface area contributed by atoms with Gasteiger partial charge in [0, 0.05) is 33.2 Å². The Balaban J connectivity index is 1.83. The molecular weight excluding hydrogens is 344 g/mol. The van der Waals surface area contributed by atoms with E-state index < -0.39 is 0 Å². The van der Waals surface area contributed by atoms with E-state index in [1.54, 1.807) is 11.8 Å². The molecular formula is C17H15BrN2S. The summed E-state index contributed by atoms with van der Waals surface area (Å²) in [6.45, 7) is 0.763. The number of fused-ring (bicyclic) bond motifs is 1. The number of nitrogens with zero attached hydrogens (tertiary/aromatic N) is 1. The second kappa shape index (κ2) is 6.50. The van der Waals surface area contributed by atoms with Crippen molar-refractivity contribution >= 4 is 44.3 Å². The molecule has 0 radical (unpaired) electrons. The highest BCUT2D eigenvalue weighted by Gasteiger charge is 2.05. The molecule has 2 nitrogen and oxygen atoms in total. The molecule has 3 aromatic rings. The first-order valence-corrected chi connectivity index (χ1v) is 8.70. The van der Waals surface area contributed by atoms with E-state index in [0.717, 1.165) is 27.6 Å². The molecule has 0 aliphatic rings. The molecule has 0 bridgehead atoms. The van der Waals surface area contributed by atoms with Gasteiger partial charge >= 0.3 is 0 Å². The molecule has 0 amide bonds. The minimum Gasteiger partial charge on any atom is -0.381 e. The third kappa shape index (κ3) is 3.22. The number of anilines is 1. The van der Waals surface area contributed by atoms with E-state index in [1.807, 2.05) is 12.3 Å². The van der Waals surface area contributed by atoms with Gasteiger partial charge in [0.1, 0.15) is 0 Å². The molecule has 0 saturated heterocycles. The van der Waals surface area contributed by atoms with Crippen LogP contribution >= 0.6 is 27.7 Å². The van der Waals surface area contributed by atoms with E-state index in [-0.39, 0.29) is 0 Å². The Bertz CT molecular complexity index is 756. The lowest BCUT2D eigenvalue weighted by molar-refractivity contribution is 1.15. The number of hydrogen-bond acceptors (Lipinski definition) is 3. The zero-order valence-corrected chi connectivity index (χ0v) is 14.0. The summed E-state index contributed by atoms with van der Waals surface area (Å²) in [5.74, 6) is 0. The first-order valence-electron chi connectivity index (χ1n) is 6.68. The number of aromatic nitrogens is 1. The summed E-state index contributed by atoms with van der Waals surface area (Å²) in [5.41, 5.74) is 3.36. The number of hydrogen-bond donors (Lipinski definition) is 1. The largest absolute Gasteiger partial charge is 0.381 e. The maximum atomic E-state index is 4.51. The average Bonchev–Trinajstić information content (AvgIpc) is 2.55. The van der Waals surface area contributed by atoms with Crippen molar-refractivity contribution in [2.45, 2.75) is 11.4 Å². The van der Waals surface area contributed by atoms with Crippen molar-refractivity contribution in [1.29, 1.82) is 0 Å². The third-order valence-corrected chi connectivity index (χ3v) is 4.81. The van der Waals surface area contributed by atoms with E-state index in [0.29, 0.717) is 0 Å². The minimum absolute atomic E-state index is 0.763. The molecule has 3 rings (SSSR count). The number of benzene rings is 2. The fraction of sp³-hybridized carbons (Fsp3) is 0.118. The lowest BCUT2D eigenvalue weighted by Crippen LogP contribution is -2.01. The van der Waals surface area contributed by atoms with Gasteiger partial charge < -0.3 is 5.32 Å². The summed E-state index contributed by atoms with van der Waals surface area (Å²) >= 11 is 5.33. The highest BCUT2D eigenvalue weighted by atomic mass is 79.9. The molecule has 0 atom stereocenters. The topological polar surface area (TPSA) is 24.9 Å². The molecule has 106 valence electrons. The SMILES string of the molecule is CSc1ccc(NCc2ccc(Br)c3cccnc23)cc1. The van der Waals surface area contributed by atoms with Crippen LogP contribution in [0, 0.1) is 0 Å². The lowest BCUT2D eigenvalue weighted by atomic mass is 10.1. The van der Waals surface area contributed by atoms with E-state index in [4.69, 9.17) is 0 Å². The highest BCUT2D eigenvalue weighted by molar-refractivity contribution is 9.10. The summed E-state index contributed by atoms with van der Waals surface area (Å²) in [5, 5.41) is 4.61. The maximum Gasteiger partial charge on any atom is 0.0763 e. The minimum atomic E-state index is 0.763. The van der Waals surface area contributed by atoms with Gasteiger partial charge in [0.15, 0.2) is 0 Å². The van der Waals surface area contributed by atoms with Crippen molar-refractivity contribution in [3.63, 3.8) is 0 Å². The zero-order chi connectivity index (χ0) is 14.7. The van der Waals surface area contributed by atoms with Gasteiger partial charge in [-0.3, -0.25) is 4.98 Å². The summed E-state index contributed by atoms with van der Waals surface area (Å²) in [7, 11) is 0. The molecule has 1 heterocycles. The van der Waals surface area contributed by atoms with E-state index >= 15 is 0 Å².